The molecule has 0 N–H and O–H groups in total. The molecule has 0 radical (unpaired) electrons. The average Bonchev–Trinajstić information content (AvgIpc) is 2.74. The molecular formula is C11H7Cl2NOS. The van der Waals surface area contributed by atoms with E-state index in [9.17, 15) is 4.79 Å². The molecule has 0 aliphatic rings. The lowest BCUT2D eigenvalue weighted by Crippen LogP contribution is -1.89. The summed E-state index contributed by atoms with van der Waals surface area (Å²) in [6, 6.07) is 9.62. The molecule has 5 heteroatoms. The number of hydrogen-bond acceptors (Lipinski definition) is 3. The second kappa shape index (κ2) is 4.95. The summed E-state index contributed by atoms with van der Waals surface area (Å²) in [5.41, 5.74) is 1.51. The summed E-state index contributed by atoms with van der Waals surface area (Å²) in [5, 5.41) is 0.260. The lowest BCUT2D eigenvalue weighted by atomic mass is 10.2. The van der Waals surface area contributed by atoms with Gasteiger partial charge in [0.1, 0.15) is 9.88 Å². The van der Waals surface area contributed by atoms with Crippen molar-refractivity contribution < 1.29 is 4.79 Å². The number of aromatic nitrogens is 1. The van der Waals surface area contributed by atoms with Crippen LogP contribution in [0.25, 0.3) is 10.6 Å². The Kier molecular flexibility index (Phi) is 3.59. The van der Waals surface area contributed by atoms with Crippen LogP contribution in [0, 0.1) is 0 Å². The van der Waals surface area contributed by atoms with Crippen LogP contribution >= 0.6 is 34.5 Å². The van der Waals surface area contributed by atoms with Crippen LogP contribution < -0.4 is 0 Å². The van der Waals surface area contributed by atoms with Gasteiger partial charge in [0, 0.05) is 5.56 Å². The third kappa shape index (κ3) is 2.26. The first-order valence-electron chi connectivity index (χ1n) is 4.53. The van der Waals surface area contributed by atoms with Crippen LogP contribution in [-0.2, 0) is 5.88 Å². The highest BCUT2D eigenvalue weighted by atomic mass is 35.5. The van der Waals surface area contributed by atoms with Crippen molar-refractivity contribution in [2.45, 2.75) is 5.88 Å². The molecule has 0 bridgehead atoms. The summed E-state index contributed by atoms with van der Waals surface area (Å²) in [6.07, 6.45) is 0. The SMILES string of the molecule is O=C(Cl)c1sc(-c2ccccc2)nc1CCl. The lowest BCUT2D eigenvalue weighted by molar-refractivity contribution is 0.108. The van der Waals surface area contributed by atoms with E-state index in [0.717, 1.165) is 10.6 Å². The number of rotatable bonds is 3. The van der Waals surface area contributed by atoms with Gasteiger partial charge in [-0.1, -0.05) is 30.3 Å². The van der Waals surface area contributed by atoms with E-state index in [1.807, 2.05) is 30.3 Å². The van der Waals surface area contributed by atoms with Crippen molar-refractivity contribution in [1.82, 2.24) is 4.98 Å². The minimum atomic E-state index is -0.504. The fourth-order valence-electron chi connectivity index (χ4n) is 1.30. The molecule has 0 aliphatic heterocycles. The van der Waals surface area contributed by atoms with Crippen molar-refractivity contribution in [3.05, 3.63) is 40.9 Å². The summed E-state index contributed by atoms with van der Waals surface area (Å²) >= 11 is 12.4. The van der Waals surface area contributed by atoms with Crippen molar-refractivity contribution in [2.24, 2.45) is 0 Å². The Morgan fingerprint density at radius 2 is 2.00 bits per heavy atom. The van der Waals surface area contributed by atoms with E-state index in [2.05, 4.69) is 4.98 Å². The Morgan fingerprint density at radius 1 is 1.31 bits per heavy atom. The number of benzene rings is 1. The molecule has 0 aliphatic carbocycles. The minimum absolute atomic E-state index is 0.192. The van der Waals surface area contributed by atoms with Crippen LogP contribution in [0.5, 0.6) is 0 Å². The molecule has 16 heavy (non-hydrogen) atoms. The first kappa shape index (κ1) is 11.6. The highest BCUT2D eigenvalue weighted by Gasteiger charge is 2.16. The Balaban J connectivity index is 2.48. The molecule has 0 saturated carbocycles. The zero-order chi connectivity index (χ0) is 11.5. The Bertz CT molecular complexity index is 510. The number of carbonyl (C=O) groups excluding carboxylic acids is 1. The molecule has 0 fully saturated rings. The Hall–Kier alpha value is -0.900. The van der Waals surface area contributed by atoms with Crippen LogP contribution in [0.1, 0.15) is 15.4 Å². The molecular weight excluding hydrogens is 265 g/mol. The van der Waals surface area contributed by atoms with Gasteiger partial charge in [0.2, 0.25) is 0 Å². The fourth-order valence-corrected chi connectivity index (χ4v) is 2.72. The molecule has 0 saturated heterocycles. The quantitative estimate of drug-likeness (QED) is 0.626. The fraction of sp³-hybridized carbons (Fsp3) is 0.0909. The van der Waals surface area contributed by atoms with Gasteiger partial charge in [0.25, 0.3) is 5.24 Å². The van der Waals surface area contributed by atoms with E-state index in [-0.39, 0.29) is 5.88 Å². The molecule has 2 aromatic rings. The number of carbonyl (C=O) groups is 1. The van der Waals surface area contributed by atoms with Crippen molar-refractivity contribution in [3.63, 3.8) is 0 Å². The van der Waals surface area contributed by atoms with E-state index in [1.165, 1.54) is 11.3 Å². The number of hydrogen-bond donors (Lipinski definition) is 0. The maximum Gasteiger partial charge on any atom is 0.264 e. The molecule has 1 aromatic heterocycles. The summed E-state index contributed by atoms with van der Waals surface area (Å²) in [7, 11) is 0. The van der Waals surface area contributed by atoms with Gasteiger partial charge in [-0.25, -0.2) is 4.98 Å². The van der Waals surface area contributed by atoms with Crippen molar-refractivity contribution in [3.8, 4) is 10.6 Å². The lowest BCUT2D eigenvalue weighted by Gasteiger charge is -1.92. The third-order valence-electron chi connectivity index (χ3n) is 2.02. The summed E-state index contributed by atoms with van der Waals surface area (Å²) < 4.78 is 0. The van der Waals surface area contributed by atoms with Crippen molar-refractivity contribution in [2.75, 3.05) is 0 Å². The molecule has 82 valence electrons. The number of alkyl halides is 1. The largest absolute Gasteiger partial charge is 0.275 e. The first-order chi connectivity index (χ1) is 7.72. The molecule has 0 amide bonds. The van der Waals surface area contributed by atoms with Crippen LogP contribution in [-0.4, -0.2) is 10.2 Å². The Morgan fingerprint density at radius 3 is 2.50 bits per heavy atom. The van der Waals surface area contributed by atoms with E-state index in [0.29, 0.717) is 10.6 Å². The average molecular weight is 272 g/mol. The molecule has 0 unspecified atom stereocenters. The van der Waals surface area contributed by atoms with Gasteiger partial charge in [0.05, 0.1) is 11.6 Å². The second-order valence-electron chi connectivity index (χ2n) is 3.07. The zero-order valence-electron chi connectivity index (χ0n) is 8.11. The molecule has 1 aromatic carbocycles. The monoisotopic (exact) mass is 271 g/mol. The van der Waals surface area contributed by atoms with Crippen LogP contribution in [0.2, 0.25) is 0 Å². The topological polar surface area (TPSA) is 30.0 Å². The maximum atomic E-state index is 11.1. The third-order valence-corrected chi connectivity index (χ3v) is 3.72. The minimum Gasteiger partial charge on any atom is -0.275 e. The van der Waals surface area contributed by atoms with Gasteiger partial charge < -0.3 is 0 Å². The smallest absolute Gasteiger partial charge is 0.264 e. The highest BCUT2D eigenvalue weighted by Crippen LogP contribution is 2.29. The van der Waals surface area contributed by atoms with E-state index in [1.54, 1.807) is 0 Å². The highest BCUT2D eigenvalue weighted by molar-refractivity contribution is 7.18. The van der Waals surface area contributed by atoms with Crippen molar-refractivity contribution >= 4 is 39.8 Å². The first-order valence-corrected chi connectivity index (χ1v) is 6.26. The molecule has 2 nitrogen and oxygen atoms in total. The van der Waals surface area contributed by atoms with Gasteiger partial charge in [-0.05, 0) is 11.6 Å². The van der Waals surface area contributed by atoms with Gasteiger partial charge in [-0.2, -0.15) is 0 Å². The molecule has 1 heterocycles. The van der Waals surface area contributed by atoms with Gasteiger partial charge in [0.15, 0.2) is 0 Å². The molecule has 2 rings (SSSR count). The Labute approximate surface area is 107 Å². The zero-order valence-corrected chi connectivity index (χ0v) is 10.4. The standard InChI is InChI=1S/C11H7Cl2NOS/c12-6-8-9(10(13)15)16-11(14-8)7-4-2-1-3-5-7/h1-5H,6H2. The second-order valence-corrected chi connectivity index (χ2v) is 4.68. The number of thiazole rings is 1. The maximum absolute atomic E-state index is 11.1. The van der Waals surface area contributed by atoms with Crippen molar-refractivity contribution in [1.29, 1.82) is 0 Å². The van der Waals surface area contributed by atoms with Gasteiger partial charge >= 0.3 is 0 Å². The summed E-state index contributed by atoms with van der Waals surface area (Å²) in [5.74, 6) is 0.192. The number of halogens is 2. The predicted molar refractivity (Wildman–Crippen MR) is 67.3 cm³/mol. The van der Waals surface area contributed by atoms with Gasteiger partial charge in [-0.3, -0.25) is 4.79 Å². The predicted octanol–water partition coefficient (Wildman–Crippen LogP) is 3.93. The molecule has 0 spiro atoms. The summed E-state index contributed by atoms with van der Waals surface area (Å²) in [6.45, 7) is 0. The van der Waals surface area contributed by atoms with Crippen LogP contribution in [0.4, 0.5) is 0 Å². The van der Waals surface area contributed by atoms with E-state index in [4.69, 9.17) is 23.2 Å². The van der Waals surface area contributed by atoms with E-state index < -0.39 is 5.24 Å². The molecule has 0 atom stereocenters. The van der Waals surface area contributed by atoms with Crippen LogP contribution in [0.3, 0.4) is 0 Å². The van der Waals surface area contributed by atoms with Crippen LogP contribution in [0.15, 0.2) is 30.3 Å². The van der Waals surface area contributed by atoms with Gasteiger partial charge in [-0.15, -0.1) is 22.9 Å². The number of nitrogens with zero attached hydrogens (tertiary/aromatic N) is 1. The summed E-state index contributed by atoms with van der Waals surface area (Å²) in [4.78, 5) is 15.9. The normalized spacial score (nSPS) is 10.4. The van der Waals surface area contributed by atoms with E-state index >= 15 is 0 Å².